The van der Waals surface area contributed by atoms with Gasteiger partial charge in [0, 0.05) is 38.6 Å². The third kappa shape index (κ3) is 5.79. The van der Waals surface area contributed by atoms with Crippen molar-refractivity contribution in [1.29, 1.82) is 0 Å². The Bertz CT molecular complexity index is 369. The van der Waals surface area contributed by atoms with E-state index in [2.05, 4.69) is 0 Å². The second kappa shape index (κ2) is 7.06. The number of nitrogens with two attached hydrogens (primary N) is 1. The molecular weight excluding hydrogens is 256 g/mol. The number of hydrogen-bond acceptors (Lipinski definition) is 4. The predicted molar refractivity (Wildman–Crippen MR) is 68.4 cm³/mol. The lowest BCUT2D eigenvalue weighted by atomic mass is 10.1. The first-order valence-electron chi connectivity index (χ1n) is 6.28. The number of primary sulfonamides is 1. The number of nitrogens with zero attached hydrogens (tertiary/aromatic N) is 1. The lowest BCUT2D eigenvalue weighted by Gasteiger charge is -2.16. The van der Waals surface area contributed by atoms with Crippen LogP contribution in [0.25, 0.3) is 0 Å². The summed E-state index contributed by atoms with van der Waals surface area (Å²) >= 11 is 0. The zero-order chi connectivity index (χ0) is 13.6. The van der Waals surface area contributed by atoms with Crippen molar-refractivity contribution in [1.82, 2.24) is 4.90 Å². The maximum atomic E-state index is 11.6. The first kappa shape index (κ1) is 15.4. The Morgan fingerprint density at radius 2 is 2.17 bits per heavy atom. The minimum atomic E-state index is -3.49. The Morgan fingerprint density at radius 1 is 1.44 bits per heavy atom. The van der Waals surface area contributed by atoms with Gasteiger partial charge >= 0.3 is 0 Å². The van der Waals surface area contributed by atoms with Gasteiger partial charge in [0.1, 0.15) is 0 Å². The van der Waals surface area contributed by atoms with Gasteiger partial charge in [-0.1, -0.05) is 6.92 Å². The number of ether oxygens (including phenoxy) is 1. The van der Waals surface area contributed by atoms with E-state index in [0.717, 1.165) is 19.4 Å². The summed E-state index contributed by atoms with van der Waals surface area (Å²) in [5.41, 5.74) is 0. The number of carbonyl (C=O) groups is 1. The summed E-state index contributed by atoms with van der Waals surface area (Å²) in [4.78, 5) is 13.3. The van der Waals surface area contributed by atoms with E-state index < -0.39 is 10.0 Å². The van der Waals surface area contributed by atoms with Crippen molar-refractivity contribution in [3.05, 3.63) is 0 Å². The van der Waals surface area contributed by atoms with Crippen LogP contribution in [0.15, 0.2) is 0 Å². The van der Waals surface area contributed by atoms with E-state index in [-0.39, 0.29) is 24.0 Å². The Hall–Kier alpha value is -0.660. The van der Waals surface area contributed by atoms with Crippen LogP contribution in [0.4, 0.5) is 0 Å². The highest BCUT2D eigenvalue weighted by Gasteiger charge is 2.31. The summed E-state index contributed by atoms with van der Waals surface area (Å²) in [6, 6.07) is 0. The van der Waals surface area contributed by atoms with E-state index >= 15 is 0 Å². The Kier molecular flexibility index (Phi) is 6.04. The van der Waals surface area contributed by atoms with Crippen LogP contribution in [0.5, 0.6) is 0 Å². The van der Waals surface area contributed by atoms with Crippen LogP contribution in [0.2, 0.25) is 0 Å². The molecule has 7 heteroatoms. The third-order valence-corrected chi connectivity index (χ3v) is 3.76. The fourth-order valence-electron chi connectivity index (χ4n) is 2.11. The third-order valence-electron chi connectivity index (χ3n) is 2.83. The molecule has 0 saturated carbocycles. The highest BCUT2D eigenvalue weighted by atomic mass is 32.2. The molecule has 0 bridgehead atoms. The van der Waals surface area contributed by atoms with Crippen molar-refractivity contribution in [3.63, 3.8) is 0 Å². The van der Waals surface area contributed by atoms with Gasteiger partial charge in [-0.15, -0.1) is 0 Å². The van der Waals surface area contributed by atoms with Crippen molar-refractivity contribution in [2.45, 2.75) is 26.2 Å². The molecular formula is C11H22N2O4S. The lowest BCUT2D eigenvalue weighted by molar-refractivity contribution is -0.127. The number of likely N-dealkylation sites (tertiary alicyclic amines) is 1. The fourth-order valence-corrected chi connectivity index (χ4v) is 2.99. The van der Waals surface area contributed by atoms with Crippen molar-refractivity contribution >= 4 is 15.9 Å². The monoisotopic (exact) mass is 278 g/mol. The first-order valence-corrected chi connectivity index (χ1v) is 8.00. The SMILES string of the molecule is CCCOCCCN1CC(CS(N)(=O)=O)CC1=O. The zero-order valence-corrected chi connectivity index (χ0v) is 11.6. The summed E-state index contributed by atoms with van der Waals surface area (Å²) in [7, 11) is -3.49. The molecule has 0 aromatic carbocycles. The Balaban J connectivity index is 2.25. The molecule has 1 atom stereocenters. The van der Waals surface area contributed by atoms with E-state index in [1.54, 1.807) is 4.90 Å². The zero-order valence-electron chi connectivity index (χ0n) is 10.8. The standard InChI is InChI=1S/C11H22N2O4S/c1-2-5-17-6-3-4-13-8-10(7-11(13)14)9-18(12,15)16/h10H,2-9H2,1H3,(H2,12,15,16). The van der Waals surface area contributed by atoms with E-state index in [4.69, 9.17) is 9.88 Å². The van der Waals surface area contributed by atoms with Gasteiger partial charge in [0.25, 0.3) is 0 Å². The van der Waals surface area contributed by atoms with Crippen LogP contribution in [0, 0.1) is 5.92 Å². The fraction of sp³-hybridized carbons (Fsp3) is 0.909. The van der Waals surface area contributed by atoms with Crippen molar-refractivity contribution in [2.24, 2.45) is 11.1 Å². The number of sulfonamides is 1. The molecule has 18 heavy (non-hydrogen) atoms. The summed E-state index contributed by atoms with van der Waals surface area (Å²) in [5.74, 6) is -0.259. The summed E-state index contributed by atoms with van der Waals surface area (Å²) < 4.78 is 27.3. The van der Waals surface area contributed by atoms with Crippen molar-refractivity contribution in [2.75, 3.05) is 32.1 Å². The molecule has 2 N–H and O–H groups in total. The highest BCUT2D eigenvalue weighted by molar-refractivity contribution is 7.89. The molecule has 0 spiro atoms. The van der Waals surface area contributed by atoms with Crippen LogP contribution >= 0.6 is 0 Å². The second-order valence-electron chi connectivity index (χ2n) is 4.71. The molecule has 1 heterocycles. The molecule has 1 amide bonds. The smallest absolute Gasteiger partial charge is 0.222 e. The number of hydrogen-bond donors (Lipinski definition) is 1. The highest BCUT2D eigenvalue weighted by Crippen LogP contribution is 2.18. The van der Waals surface area contributed by atoms with E-state index in [9.17, 15) is 13.2 Å². The Morgan fingerprint density at radius 3 is 2.78 bits per heavy atom. The van der Waals surface area contributed by atoms with Gasteiger partial charge in [-0.3, -0.25) is 4.79 Å². The molecule has 1 unspecified atom stereocenters. The van der Waals surface area contributed by atoms with Gasteiger partial charge in [0.15, 0.2) is 0 Å². The number of carbonyl (C=O) groups excluding carboxylic acids is 1. The lowest BCUT2D eigenvalue weighted by Crippen LogP contribution is -2.29. The second-order valence-corrected chi connectivity index (χ2v) is 6.36. The molecule has 106 valence electrons. The summed E-state index contributed by atoms with van der Waals surface area (Å²) in [6.07, 6.45) is 2.05. The maximum absolute atomic E-state index is 11.6. The summed E-state index contributed by atoms with van der Waals surface area (Å²) in [5, 5.41) is 4.98. The van der Waals surface area contributed by atoms with E-state index in [0.29, 0.717) is 19.7 Å². The van der Waals surface area contributed by atoms with Gasteiger partial charge in [0.05, 0.1) is 5.75 Å². The molecule has 0 aliphatic carbocycles. The quantitative estimate of drug-likeness (QED) is 0.630. The average Bonchev–Trinajstić information content (AvgIpc) is 2.56. The molecule has 0 aromatic rings. The van der Waals surface area contributed by atoms with Gasteiger partial charge in [-0.05, 0) is 12.8 Å². The van der Waals surface area contributed by atoms with Gasteiger partial charge in [-0.2, -0.15) is 0 Å². The average molecular weight is 278 g/mol. The predicted octanol–water partition coefficient (Wildman–Crippen LogP) is -0.0599. The van der Waals surface area contributed by atoms with Crippen molar-refractivity contribution < 1.29 is 17.9 Å². The minimum absolute atomic E-state index is 0.0131. The maximum Gasteiger partial charge on any atom is 0.222 e. The normalized spacial score (nSPS) is 20.7. The summed E-state index contributed by atoms with van der Waals surface area (Å²) in [6.45, 7) is 4.54. The number of amides is 1. The largest absolute Gasteiger partial charge is 0.381 e. The van der Waals surface area contributed by atoms with Gasteiger partial charge < -0.3 is 9.64 Å². The topological polar surface area (TPSA) is 89.7 Å². The van der Waals surface area contributed by atoms with Crippen LogP contribution in [-0.4, -0.2) is 51.3 Å². The number of rotatable bonds is 8. The van der Waals surface area contributed by atoms with Crippen LogP contribution < -0.4 is 5.14 Å². The van der Waals surface area contributed by atoms with E-state index in [1.165, 1.54) is 0 Å². The first-order chi connectivity index (χ1) is 8.42. The molecule has 1 fully saturated rings. The molecule has 1 aliphatic heterocycles. The molecule has 1 aliphatic rings. The molecule has 0 radical (unpaired) electrons. The van der Waals surface area contributed by atoms with Gasteiger partial charge in [0.2, 0.25) is 15.9 Å². The Labute approximate surface area is 109 Å². The molecule has 0 aromatic heterocycles. The molecule has 1 saturated heterocycles. The van der Waals surface area contributed by atoms with Gasteiger partial charge in [-0.25, -0.2) is 13.6 Å². The van der Waals surface area contributed by atoms with Crippen LogP contribution in [-0.2, 0) is 19.6 Å². The van der Waals surface area contributed by atoms with Crippen molar-refractivity contribution in [3.8, 4) is 0 Å². The minimum Gasteiger partial charge on any atom is -0.381 e. The van der Waals surface area contributed by atoms with E-state index in [1.807, 2.05) is 6.92 Å². The van der Waals surface area contributed by atoms with Crippen LogP contribution in [0.1, 0.15) is 26.2 Å². The van der Waals surface area contributed by atoms with Crippen LogP contribution in [0.3, 0.4) is 0 Å². The molecule has 6 nitrogen and oxygen atoms in total. The molecule has 1 rings (SSSR count).